The molecule has 0 N–H and O–H groups in total. The average Bonchev–Trinajstić information content (AvgIpc) is 2.98. The molecule has 4 rings (SSSR count). The molecule has 222 valence electrons. The number of alkyl halides is 4. The predicted molar refractivity (Wildman–Crippen MR) is 175 cm³/mol. The van der Waals surface area contributed by atoms with Crippen LogP contribution in [0.15, 0.2) is 72.8 Å². The summed E-state index contributed by atoms with van der Waals surface area (Å²) >= 11 is 24.0. The average molecular weight is 641 g/mol. The van der Waals surface area contributed by atoms with Gasteiger partial charge in [0.25, 0.3) is 0 Å². The van der Waals surface area contributed by atoms with E-state index < -0.39 is 0 Å². The number of anilines is 2. The molecule has 1 heterocycles. The van der Waals surface area contributed by atoms with Crippen LogP contribution in [0, 0.1) is 5.82 Å². The number of rotatable bonds is 15. The van der Waals surface area contributed by atoms with Crippen LogP contribution in [0.5, 0.6) is 0 Å². The van der Waals surface area contributed by atoms with E-state index in [1.54, 1.807) is 6.07 Å². The quantitative estimate of drug-likeness (QED) is 0.157. The minimum absolute atomic E-state index is 0.0354. The molecule has 0 saturated carbocycles. The van der Waals surface area contributed by atoms with Crippen LogP contribution in [0.2, 0.25) is 0 Å². The Morgan fingerprint density at radius 2 is 1.07 bits per heavy atom. The highest BCUT2D eigenvalue weighted by Gasteiger charge is 2.31. The van der Waals surface area contributed by atoms with E-state index in [2.05, 4.69) is 68.1 Å². The smallest absolute Gasteiger partial charge is 0.123 e. The Morgan fingerprint density at radius 1 is 0.634 bits per heavy atom. The van der Waals surface area contributed by atoms with Crippen molar-refractivity contribution < 1.29 is 4.39 Å². The van der Waals surface area contributed by atoms with Gasteiger partial charge in [-0.05, 0) is 59.5 Å². The van der Waals surface area contributed by atoms with Gasteiger partial charge in [-0.1, -0.05) is 36.4 Å². The van der Waals surface area contributed by atoms with Crippen LogP contribution in [-0.2, 0) is 13.1 Å². The number of hydrogen-bond acceptors (Lipinski definition) is 4. The van der Waals surface area contributed by atoms with E-state index in [9.17, 15) is 4.39 Å². The van der Waals surface area contributed by atoms with Gasteiger partial charge in [-0.3, -0.25) is 9.80 Å². The standard InChI is InChI=1S/C32H39Cl4FN4/c33-13-19-38(20-14-34)30-9-5-26(6-10-30)24-40-17-2-18-41(32(40)28-3-1-4-29(37)23-28)25-27-7-11-31(12-8-27)39(21-15-35)22-16-36/h1,3-12,23,32H,2,13-22,24-25H2. The molecule has 4 nitrogen and oxygen atoms in total. The summed E-state index contributed by atoms with van der Waals surface area (Å²) < 4.78 is 14.4. The van der Waals surface area contributed by atoms with Gasteiger partial charge in [0.05, 0.1) is 6.17 Å². The Labute approximate surface area is 264 Å². The first kappa shape index (κ1) is 32.2. The third kappa shape index (κ3) is 9.13. The molecule has 0 bridgehead atoms. The van der Waals surface area contributed by atoms with E-state index in [-0.39, 0.29) is 12.0 Å². The second-order valence-electron chi connectivity index (χ2n) is 10.3. The van der Waals surface area contributed by atoms with E-state index in [0.29, 0.717) is 23.5 Å². The molecule has 0 spiro atoms. The molecule has 0 aliphatic carbocycles. The van der Waals surface area contributed by atoms with E-state index in [1.807, 2.05) is 12.1 Å². The van der Waals surface area contributed by atoms with Crippen LogP contribution in [0.1, 0.15) is 29.3 Å². The third-order valence-electron chi connectivity index (χ3n) is 7.52. The van der Waals surface area contributed by atoms with Gasteiger partial charge in [0.1, 0.15) is 5.82 Å². The molecule has 1 aliphatic rings. The van der Waals surface area contributed by atoms with Gasteiger partial charge in [0.15, 0.2) is 0 Å². The zero-order chi connectivity index (χ0) is 29.0. The summed E-state index contributed by atoms with van der Waals surface area (Å²) in [6, 6.07) is 24.3. The molecule has 0 amide bonds. The van der Waals surface area contributed by atoms with Crippen molar-refractivity contribution in [2.24, 2.45) is 0 Å². The van der Waals surface area contributed by atoms with Crippen LogP contribution in [0.25, 0.3) is 0 Å². The summed E-state index contributed by atoms with van der Waals surface area (Å²) in [7, 11) is 0. The lowest BCUT2D eigenvalue weighted by molar-refractivity contribution is -0.00923. The summed E-state index contributed by atoms with van der Waals surface area (Å²) in [5.74, 6) is 2.01. The predicted octanol–water partition coefficient (Wildman–Crippen LogP) is 7.80. The fourth-order valence-electron chi connectivity index (χ4n) is 5.61. The van der Waals surface area contributed by atoms with Crippen LogP contribution >= 0.6 is 46.4 Å². The van der Waals surface area contributed by atoms with Gasteiger partial charge in [0.2, 0.25) is 0 Å². The van der Waals surface area contributed by atoms with Gasteiger partial charge in [-0.25, -0.2) is 4.39 Å². The molecule has 9 heteroatoms. The largest absolute Gasteiger partial charge is 0.369 e. The van der Waals surface area contributed by atoms with Crippen LogP contribution in [0.4, 0.5) is 15.8 Å². The molecule has 0 aromatic heterocycles. The molecule has 1 fully saturated rings. The summed E-state index contributed by atoms with van der Waals surface area (Å²) in [4.78, 5) is 9.33. The maximum atomic E-state index is 14.4. The Bertz CT molecular complexity index is 1100. The molecule has 0 radical (unpaired) electrons. The normalized spacial score (nSPS) is 14.9. The van der Waals surface area contributed by atoms with E-state index in [1.165, 1.54) is 17.2 Å². The molecule has 1 aliphatic heterocycles. The number of nitrogens with zero attached hydrogens (tertiary/aromatic N) is 4. The first-order valence-electron chi connectivity index (χ1n) is 14.2. The first-order valence-corrected chi connectivity index (χ1v) is 16.3. The number of halogens is 5. The monoisotopic (exact) mass is 638 g/mol. The van der Waals surface area contributed by atoms with Gasteiger partial charge in [-0.15, -0.1) is 46.4 Å². The number of benzene rings is 3. The van der Waals surface area contributed by atoms with Crippen LogP contribution in [-0.4, -0.2) is 72.6 Å². The Kier molecular flexibility index (Phi) is 13.2. The lowest BCUT2D eigenvalue weighted by Gasteiger charge is -2.44. The minimum atomic E-state index is -0.209. The fourth-order valence-corrected chi connectivity index (χ4v) is 6.43. The topological polar surface area (TPSA) is 13.0 Å². The van der Waals surface area contributed by atoms with Crippen molar-refractivity contribution in [3.8, 4) is 0 Å². The van der Waals surface area contributed by atoms with Crippen LogP contribution < -0.4 is 9.80 Å². The maximum Gasteiger partial charge on any atom is 0.123 e. The second kappa shape index (κ2) is 16.8. The van der Waals surface area contributed by atoms with E-state index >= 15 is 0 Å². The van der Waals surface area contributed by atoms with Gasteiger partial charge < -0.3 is 9.80 Å². The molecule has 1 saturated heterocycles. The molecular weight excluding hydrogens is 601 g/mol. The summed E-state index contributed by atoms with van der Waals surface area (Å²) in [5.41, 5.74) is 5.66. The highest BCUT2D eigenvalue weighted by Crippen LogP contribution is 2.33. The molecule has 3 aromatic rings. The van der Waals surface area contributed by atoms with Gasteiger partial charge >= 0.3 is 0 Å². The zero-order valence-corrected chi connectivity index (χ0v) is 26.4. The van der Waals surface area contributed by atoms with Crippen molar-refractivity contribution in [3.63, 3.8) is 0 Å². The second-order valence-corrected chi connectivity index (χ2v) is 11.8. The fraction of sp³-hybridized carbons (Fsp3) is 0.438. The minimum Gasteiger partial charge on any atom is -0.369 e. The Balaban J connectivity index is 1.54. The van der Waals surface area contributed by atoms with Crippen molar-refractivity contribution in [1.82, 2.24) is 9.80 Å². The van der Waals surface area contributed by atoms with Crippen molar-refractivity contribution in [2.75, 3.05) is 72.6 Å². The van der Waals surface area contributed by atoms with Crippen molar-refractivity contribution >= 4 is 57.8 Å². The molecule has 0 atom stereocenters. The highest BCUT2D eigenvalue weighted by molar-refractivity contribution is 6.19. The Hall–Kier alpha value is -1.73. The SMILES string of the molecule is Fc1cccc(C2N(Cc3ccc(N(CCCl)CCCl)cc3)CCCN2Cc2ccc(N(CCCl)CCCl)cc2)c1. The molecule has 0 unspecified atom stereocenters. The Morgan fingerprint density at radius 3 is 1.46 bits per heavy atom. The summed E-state index contributed by atoms with van der Waals surface area (Å²) in [6.45, 7) is 6.46. The van der Waals surface area contributed by atoms with Gasteiger partial charge in [-0.2, -0.15) is 0 Å². The van der Waals surface area contributed by atoms with Crippen LogP contribution in [0.3, 0.4) is 0 Å². The molecule has 3 aromatic carbocycles. The third-order valence-corrected chi connectivity index (χ3v) is 8.20. The molecule has 41 heavy (non-hydrogen) atoms. The lowest BCUT2D eigenvalue weighted by atomic mass is 10.0. The lowest BCUT2D eigenvalue weighted by Crippen LogP contribution is -2.46. The van der Waals surface area contributed by atoms with E-state index in [0.717, 1.165) is 75.7 Å². The zero-order valence-electron chi connectivity index (χ0n) is 23.4. The van der Waals surface area contributed by atoms with E-state index in [4.69, 9.17) is 46.4 Å². The van der Waals surface area contributed by atoms with Crippen molar-refractivity contribution in [2.45, 2.75) is 25.7 Å². The highest BCUT2D eigenvalue weighted by atomic mass is 35.5. The van der Waals surface area contributed by atoms with Crippen molar-refractivity contribution in [3.05, 3.63) is 95.3 Å². The number of hydrogen-bond donors (Lipinski definition) is 0. The maximum absolute atomic E-state index is 14.4. The summed E-state index contributed by atoms with van der Waals surface area (Å²) in [6.07, 6.45) is 1.01. The molecular formula is C32H39Cl4FN4. The van der Waals surface area contributed by atoms with Crippen molar-refractivity contribution in [1.29, 1.82) is 0 Å². The summed E-state index contributed by atoms with van der Waals surface area (Å²) in [5, 5.41) is 0. The first-order chi connectivity index (χ1) is 20.1. The van der Waals surface area contributed by atoms with Gasteiger partial charge in [0, 0.05) is 87.3 Å².